The molecule has 0 amide bonds. The zero-order valence-electron chi connectivity index (χ0n) is 12.5. The molecular formula is C18H18ClNO2. The molecule has 0 spiro atoms. The summed E-state index contributed by atoms with van der Waals surface area (Å²) in [6, 6.07) is 16.8. The molecule has 3 aromatic rings. The van der Waals surface area contributed by atoms with Crippen LogP contribution in [0.4, 0.5) is 0 Å². The van der Waals surface area contributed by atoms with Gasteiger partial charge >= 0.3 is 5.97 Å². The monoisotopic (exact) mass is 315 g/mol. The normalized spacial score (nSPS) is 10.4. The van der Waals surface area contributed by atoms with E-state index in [0.29, 0.717) is 6.42 Å². The first-order valence-electron chi connectivity index (χ1n) is 7.16. The first-order valence-corrected chi connectivity index (χ1v) is 7.16. The van der Waals surface area contributed by atoms with Crippen molar-refractivity contribution in [1.29, 1.82) is 0 Å². The number of carbonyl (C=O) groups is 1. The van der Waals surface area contributed by atoms with Gasteiger partial charge in [0.1, 0.15) is 6.54 Å². The van der Waals surface area contributed by atoms with Gasteiger partial charge in [-0.05, 0) is 12.1 Å². The fourth-order valence-corrected chi connectivity index (χ4v) is 2.72. The van der Waals surface area contributed by atoms with Gasteiger partial charge in [0, 0.05) is 23.3 Å². The van der Waals surface area contributed by atoms with Crippen LogP contribution < -0.4 is 17.0 Å². The van der Waals surface area contributed by atoms with Gasteiger partial charge in [-0.3, -0.25) is 4.79 Å². The lowest BCUT2D eigenvalue weighted by molar-refractivity contribution is -0.670. The molecule has 4 heteroatoms. The van der Waals surface area contributed by atoms with Gasteiger partial charge in [-0.2, -0.15) is 4.57 Å². The number of nitrogens with zero attached hydrogens (tertiary/aromatic N) is 1. The third-order valence-electron chi connectivity index (χ3n) is 3.77. The lowest BCUT2D eigenvalue weighted by Crippen LogP contribution is -3.00. The number of fused-ring (bicyclic) bond motifs is 3. The number of esters is 1. The van der Waals surface area contributed by atoms with Crippen LogP contribution in [0.1, 0.15) is 12.8 Å². The second kappa shape index (κ2) is 7.23. The van der Waals surface area contributed by atoms with Crippen LogP contribution in [0.2, 0.25) is 0 Å². The molecule has 0 aliphatic carbocycles. The van der Waals surface area contributed by atoms with Crippen LogP contribution in [-0.2, 0) is 16.1 Å². The number of carbonyl (C=O) groups excluding carboxylic acids is 1. The van der Waals surface area contributed by atoms with Gasteiger partial charge in [-0.15, -0.1) is 0 Å². The number of para-hydroxylation sites is 1. The molecule has 22 heavy (non-hydrogen) atoms. The van der Waals surface area contributed by atoms with Crippen LogP contribution in [-0.4, -0.2) is 13.1 Å². The van der Waals surface area contributed by atoms with Crippen LogP contribution in [0, 0.1) is 0 Å². The van der Waals surface area contributed by atoms with Gasteiger partial charge in [0.25, 0.3) is 0 Å². The third-order valence-corrected chi connectivity index (χ3v) is 3.77. The summed E-state index contributed by atoms with van der Waals surface area (Å²) in [4.78, 5) is 11.2. The standard InChI is InChI=1S/C18H18NO2.ClH/c1-21-18(20)11-6-12-19-13-14-7-2-3-8-15(14)16-9-4-5-10-17(16)19;/h2-5,7-10,13H,6,11-12H2,1H3;1H/q+1;/p-1. The number of hydrogen-bond acceptors (Lipinski definition) is 2. The summed E-state index contributed by atoms with van der Waals surface area (Å²) in [5.74, 6) is -0.152. The first-order chi connectivity index (χ1) is 10.3. The van der Waals surface area contributed by atoms with Crippen molar-refractivity contribution in [2.24, 2.45) is 0 Å². The zero-order chi connectivity index (χ0) is 14.7. The Balaban J connectivity index is 0.00000176. The maximum absolute atomic E-state index is 11.2. The van der Waals surface area contributed by atoms with E-state index in [1.165, 1.54) is 28.8 Å². The van der Waals surface area contributed by atoms with E-state index in [1.807, 2.05) is 6.07 Å². The molecule has 0 N–H and O–H groups in total. The highest BCUT2D eigenvalue weighted by atomic mass is 35.5. The Morgan fingerprint density at radius 2 is 1.73 bits per heavy atom. The van der Waals surface area contributed by atoms with E-state index in [9.17, 15) is 4.79 Å². The number of pyridine rings is 1. The first kappa shape index (κ1) is 16.2. The van der Waals surface area contributed by atoms with E-state index < -0.39 is 0 Å². The second-order valence-corrected chi connectivity index (χ2v) is 5.11. The highest BCUT2D eigenvalue weighted by molar-refractivity contribution is 6.03. The number of aryl methyl sites for hydroxylation is 1. The Morgan fingerprint density at radius 3 is 2.50 bits per heavy atom. The van der Waals surface area contributed by atoms with E-state index >= 15 is 0 Å². The largest absolute Gasteiger partial charge is 1.00 e. The maximum atomic E-state index is 11.2. The highest BCUT2D eigenvalue weighted by Crippen LogP contribution is 2.22. The molecule has 0 aliphatic rings. The molecule has 0 radical (unpaired) electrons. The third kappa shape index (κ3) is 3.20. The molecule has 0 bridgehead atoms. The Labute approximate surface area is 135 Å². The van der Waals surface area contributed by atoms with Crippen molar-refractivity contribution < 1.29 is 26.5 Å². The predicted molar refractivity (Wildman–Crippen MR) is 82.9 cm³/mol. The summed E-state index contributed by atoms with van der Waals surface area (Å²) in [6.45, 7) is 0.806. The Bertz CT molecular complexity index is 801. The van der Waals surface area contributed by atoms with Crippen molar-refractivity contribution in [3.63, 3.8) is 0 Å². The highest BCUT2D eigenvalue weighted by Gasteiger charge is 2.13. The molecular weight excluding hydrogens is 298 g/mol. The van der Waals surface area contributed by atoms with E-state index in [2.05, 4.69) is 53.2 Å². The average Bonchev–Trinajstić information content (AvgIpc) is 2.54. The summed E-state index contributed by atoms with van der Waals surface area (Å²) >= 11 is 0. The minimum absolute atomic E-state index is 0. The van der Waals surface area contributed by atoms with Gasteiger partial charge in [-0.25, -0.2) is 0 Å². The zero-order valence-corrected chi connectivity index (χ0v) is 13.2. The lowest BCUT2D eigenvalue weighted by atomic mass is 10.1. The molecule has 0 unspecified atom stereocenters. The number of methoxy groups -OCH3 is 1. The van der Waals surface area contributed by atoms with Gasteiger partial charge in [-0.1, -0.05) is 30.3 Å². The summed E-state index contributed by atoms with van der Waals surface area (Å²) < 4.78 is 6.92. The molecule has 0 saturated carbocycles. The number of halogens is 1. The molecule has 0 atom stereocenters. The molecule has 0 aliphatic heterocycles. The lowest BCUT2D eigenvalue weighted by Gasteiger charge is -2.05. The molecule has 2 aromatic carbocycles. The number of benzene rings is 2. The van der Waals surface area contributed by atoms with E-state index in [0.717, 1.165) is 13.0 Å². The van der Waals surface area contributed by atoms with Crippen molar-refractivity contribution in [2.45, 2.75) is 19.4 Å². The Kier molecular flexibility index (Phi) is 5.34. The SMILES string of the molecule is COC(=O)CCC[n+]1cc2ccccc2c2ccccc21.[Cl-]. The minimum atomic E-state index is -0.152. The fraction of sp³-hybridized carbons (Fsp3) is 0.222. The molecule has 0 fully saturated rings. The predicted octanol–water partition coefficient (Wildman–Crippen LogP) is 0.238. The molecule has 114 valence electrons. The quantitative estimate of drug-likeness (QED) is 0.392. The van der Waals surface area contributed by atoms with Crippen molar-refractivity contribution in [3.05, 3.63) is 54.7 Å². The molecule has 3 nitrogen and oxygen atoms in total. The molecule has 1 heterocycles. The summed E-state index contributed by atoms with van der Waals surface area (Å²) in [5.41, 5.74) is 1.20. The number of aromatic nitrogens is 1. The van der Waals surface area contributed by atoms with Gasteiger partial charge in [0.2, 0.25) is 5.52 Å². The second-order valence-electron chi connectivity index (χ2n) is 5.11. The Hall–Kier alpha value is -2.13. The van der Waals surface area contributed by atoms with Gasteiger partial charge in [0.15, 0.2) is 6.20 Å². The van der Waals surface area contributed by atoms with E-state index in [1.54, 1.807) is 0 Å². The number of rotatable bonds is 4. The number of ether oxygens (including phenoxy) is 1. The fourth-order valence-electron chi connectivity index (χ4n) is 2.72. The topological polar surface area (TPSA) is 30.2 Å². The summed E-state index contributed by atoms with van der Waals surface area (Å²) in [7, 11) is 1.43. The van der Waals surface area contributed by atoms with Crippen molar-refractivity contribution in [1.82, 2.24) is 0 Å². The van der Waals surface area contributed by atoms with E-state index in [4.69, 9.17) is 4.74 Å². The van der Waals surface area contributed by atoms with Crippen molar-refractivity contribution in [2.75, 3.05) is 7.11 Å². The number of hydrogen-bond donors (Lipinski definition) is 0. The van der Waals surface area contributed by atoms with Gasteiger partial charge < -0.3 is 17.1 Å². The smallest absolute Gasteiger partial charge is 0.305 e. The molecule has 1 aromatic heterocycles. The van der Waals surface area contributed by atoms with Crippen LogP contribution >= 0.6 is 0 Å². The van der Waals surface area contributed by atoms with E-state index in [-0.39, 0.29) is 18.4 Å². The average molecular weight is 316 g/mol. The summed E-state index contributed by atoms with van der Waals surface area (Å²) in [5, 5.41) is 3.72. The minimum Gasteiger partial charge on any atom is -1.00 e. The Morgan fingerprint density at radius 1 is 1.05 bits per heavy atom. The molecule has 0 saturated heterocycles. The van der Waals surface area contributed by atoms with Crippen LogP contribution in [0.25, 0.3) is 21.7 Å². The van der Waals surface area contributed by atoms with Crippen molar-refractivity contribution in [3.8, 4) is 0 Å². The summed E-state index contributed by atoms with van der Waals surface area (Å²) in [6.07, 6.45) is 3.39. The van der Waals surface area contributed by atoms with Crippen LogP contribution in [0.3, 0.4) is 0 Å². The van der Waals surface area contributed by atoms with Crippen LogP contribution in [0.15, 0.2) is 54.7 Å². The van der Waals surface area contributed by atoms with Crippen LogP contribution in [0.5, 0.6) is 0 Å². The maximum Gasteiger partial charge on any atom is 0.305 e. The van der Waals surface area contributed by atoms with Gasteiger partial charge in [0.05, 0.1) is 18.9 Å². The van der Waals surface area contributed by atoms with Crippen molar-refractivity contribution >= 4 is 27.6 Å². The molecule has 3 rings (SSSR count).